The van der Waals surface area contributed by atoms with Crippen molar-refractivity contribution in [1.29, 1.82) is 0 Å². The first-order valence-electron chi connectivity index (χ1n) is 7.38. The van der Waals surface area contributed by atoms with Gasteiger partial charge in [-0.1, -0.05) is 54.6 Å². The van der Waals surface area contributed by atoms with Crippen LogP contribution in [0.2, 0.25) is 0 Å². The summed E-state index contributed by atoms with van der Waals surface area (Å²) < 4.78 is 0. The summed E-state index contributed by atoms with van der Waals surface area (Å²) in [4.78, 5) is 0. The van der Waals surface area contributed by atoms with E-state index in [2.05, 4.69) is 61.5 Å². The van der Waals surface area contributed by atoms with Crippen molar-refractivity contribution in [3.63, 3.8) is 0 Å². The predicted molar refractivity (Wildman–Crippen MR) is 86.6 cm³/mol. The van der Waals surface area contributed by atoms with Crippen LogP contribution in [-0.2, 0) is 0 Å². The Morgan fingerprint density at radius 3 is 2.45 bits per heavy atom. The first-order valence-corrected chi connectivity index (χ1v) is 7.38. The zero-order chi connectivity index (χ0) is 13.9. The summed E-state index contributed by atoms with van der Waals surface area (Å²) in [6, 6.07) is 17.5. The van der Waals surface area contributed by atoms with Crippen molar-refractivity contribution < 1.29 is 0 Å². The quantitative estimate of drug-likeness (QED) is 0.871. The third-order valence-electron chi connectivity index (χ3n) is 4.20. The van der Waals surface area contributed by atoms with Crippen LogP contribution in [0.25, 0.3) is 11.6 Å². The monoisotopic (exact) mass is 263 g/mol. The predicted octanol–water partition coefficient (Wildman–Crippen LogP) is 4.43. The molecule has 0 saturated heterocycles. The number of benzene rings is 2. The van der Waals surface area contributed by atoms with E-state index in [1.165, 1.54) is 27.8 Å². The summed E-state index contributed by atoms with van der Waals surface area (Å²) in [6.45, 7) is 2.97. The van der Waals surface area contributed by atoms with E-state index in [9.17, 15) is 0 Å². The number of allylic oxidation sites excluding steroid dienone is 1. The van der Waals surface area contributed by atoms with E-state index >= 15 is 0 Å². The summed E-state index contributed by atoms with van der Waals surface area (Å²) in [5.74, 6) is 0.458. The summed E-state index contributed by atoms with van der Waals surface area (Å²) in [5.41, 5.74) is 12.7. The Morgan fingerprint density at radius 1 is 0.950 bits per heavy atom. The molecule has 1 atom stereocenters. The zero-order valence-corrected chi connectivity index (χ0v) is 12.0. The third kappa shape index (κ3) is 2.30. The Bertz CT molecular complexity index is 640. The highest BCUT2D eigenvalue weighted by atomic mass is 14.5. The van der Waals surface area contributed by atoms with Gasteiger partial charge in [-0.3, -0.25) is 0 Å². The Morgan fingerprint density at radius 2 is 1.65 bits per heavy atom. The fourth-order valence-electron chi connectivity index (χ4n) is 3.23. The Balaban J connectivity index is 2.18. The maximum atomic E-state index is 5.74. The van der Waals surface area contributed by atoms with Crippen molar-refractivity contribution in [1.82, 2.24) is 0 Å². The smallest absolute Gasteiger partial charge is 0.0102 e. The van der Waals surface area contributed by atoms with Crippen molar-refractivity contribution in [3.05, 3.63) is 70.8 Å². The fourth-order valence-corrected chi connectivity index (χ4v) is 3.23. The van der Waals surface area contributed by atoms with Crippen molar-refractivity contribution >= 4 is 11.6 Å². The van der Waals surface area contributed by atoms with Gasteiger partial charge in [-0.15, -0.1) is 0 Å². The molecule has 2 N–H and O–H groups in total. The summed E-state index contributed by atoms with van der Waals surface area (Å²) in [5, 5.41) is 0. The fraction of sp³-hybridized carbons (Fsp3) is 0.263. The maximum Gasteiger partial charge on any atom is 0.0102 e. The third-order valence-corrected chi connectivity index (χ3v) is 4.20. The molecular formula is C19H21N. The average Bonchev–Trinajstić information content (AvgIpc) is 2.60. The standard InChI is InChI=1S/C19H21N/c1-14-13-15-7-2-3-9-17(15)19(11-6-12-20)18-10-5-4-8-16(14)18/h2-5,7-10,13,19H,6,11-12,20H2,1H3. The second kappa shape index (κ2) is 5.64. The molecule has 1 heteroatoms. The molecule has 2 aromatic rings. The van der Waals surface area contributed by atoms with Crippen LogP contribution in [0.3, 0.4) is 0 Å². The van der Waals surface area contributed by atoms with Crippen LogP contribution in [0.15, 0.2) is 48.5 Å². The average molecular weight is 263 g/mol. The Labute approximate surface area is 121 Å². The minimum atomic E-state index is 0.458. The highest BCUT2D eigenvalue weighted by Crippen LogP contribution is 2.39. The van der Waals surface area contributed by atoms with Crippen molar-refractivity contribution in [3.8, 4) is 0 Å². The molecule has 102 valence electrons. The molecule has 1 aliphatic carbocycles. The van der Waals surface area contributed by atoms with Crippen LogP contribution in [-0.4, -0.2) is 6.54 Å². The first kappa shape index (κ1) is 13.1. The molecule has 0 fully saturated rings. The van der Waals surface area contributed by atoms with E-state index in [0.717, 1.165) is 19.4 Å². The molecule has 0 radical (unpaired) electrons. The van der Waals surface area contributed by atoms with E-state index in [4.69, 9.17) is 5.73 Å². The summed E-state index contributed by atoms with van der Waals surface area (Å²) in [7, 11) is 0. The molecule has 1 nitrogen and oxygen atoms in total. The van der Waals surface area contributed by atoms with Gasteiger partial charge in [0.1, 0.15) is 0 Å². The molecular weight excluding hydrogens is 242 g/mol. The van der Waals surface area contributed by atoms with Gasteiger partial charge in [0.15, 0.2) is 0 Å². The minimum absolute atomic E-state index is 0.458. The summed E-state index contributed by atoms with van der Waals surface area (Å²) >= 11 is 0. The van der Waals surface area contributed by atoms with Gasteiger partial charge < -0.3 is 5.73 Å². The molecule has 2 aromatic carbocycles. The van der Waals surface area contributed by atoms with Crippen LogP contribution in [0, 0.1) is 0 Å². The highest BCUT2D eigenvalue weighted by molar-refractivity contribution is 5.85. The lowest BCUT2D eigenvalue weighted by atomic mass is 9.84. The Kier molecular flexibility index (Phi) is 3.70. The van der Waals surface area contributed by atoms with Crippen molar-refractivity contribution in [2.75, 3.05) is 6.54 Å². The van der Waals surface area contributed by atoms with Crippen LogP contribution in [0.4, 0.5) is 0 Å². The molecule has 0 saturated carbocycles. The van der Waals surface area contributed by atoms with Gasteiger partial charge in [-0.05, 0) is 54.1 Å². The van der Waals surface area contributed by atoms with E-state index in [1.54, 1.807) is 0 Å². The van der Waals surface area contributed by atoms with Crippen LogP contribution in [0.1, 0.15) is 47.9 Å². The number of fused-ring (bicyclic) bond motifs is 2. The van der Waals surface area contributed by atoms with Gasteiger partial charge in [-0.2, -0.15) is 0 Å². The highest BCUT2D eigenvalue weighted by Gasteiger charge is 2.22. The van der Waals surface area contributed by atoms with Crippen molar-refractivity contribution in [2.24, 2.45) is 5.73 Å². The molecule has 0 aromatic heterocycles. The largest absolute Gasteiger partial charge is 0.330 e. The number of nitrogens with two attached hydrogens (primary N) is 1. The van der Waals surface area contributed by atoms with Crippen LogP contribution in [0.5, 0.6) is 0 Å². The van der Waals surface area contributed by atoms with Gasteiger partial charge in [0.05, 0.1) is 0 Å². The molecule has 0 bridgehead atoms. The van der Waals surface area contributed by atoms with Gasteiger partial charge in [0.25, 0.3) is 0 Å². The lowest BCUT2D eigenvalue weighted by Crippen LogP contribution is -2.07. The minimum Gasteiger partial charge on any atom is -0.330 e. The molecule has 0 spiro atoms. The van der Waals surface area contributed by atoms with Crippen molar-refractivity contribution in [2.45, 2.75) is 25.7 Å². The number of hydrogen-bond donors (Lipinski definition) is 1. The SMILES string of the molecule is CC1=Cc2ccccc2C(CCCN)c2ccccc21. The van der Waals surface area contributed by atoms with Gasteiger partial charge in [0.2, 0.25) is 0 Å². The van der Waals surface area contributed by atoms with Gasteiger partial charge in [0, 0.05) is 5.92 Å². The normalized spacial score (nSPS) is 16.9. The second-order valence-electron chi connectivity index (χ2n) is 5.53. The maximum absolute atomic E-state index is 5.74. The first-order chi connectivity index (χ1) is 9.81. The molecule has 1 unspecified atom stereocenters. The molecule has 1 aliphatic rings. The molecule has 20 heavy (non-hydrogen) atoms. The van der Waals surface area contributed by atoms with E-state index in [1.807, 2.05) is 0 Å². The topological polar surface area (TPSA) is 26.0 Å². The second-order valence-corrected chi connectivity index (χ2v) is 5.53. The van der Waals surface area contributed by atoms with Gasteiger partial charge >= 0.3 is 0 Å². The molecule has 0 aliphatic heterocycles. The molecule has 0 amide bonds. The zero-order valence-electron chi connectivity index (χ0n) is 12.0. The Hall–Kier alpha value is -1.86. The van der Waals surface area contributed by atoms with E-state index in [-0.39, 0.29) is 0 Å². The van der Waals surface area contributed by atoms with E-state index in [0.29, 0.717) is 5.92 Å². The summed E-state index contributed by atoms with van der Waals surface area (Å²) in [6.07, 6.45) is 4.49. The number of hydrogen-bond acceptors (Lipinski definition) is 1. The van der Waals surface area contributed by atoms with E-state index < -0.39 is 0 Å². The number of rotatable bonds is 3. The molecule has 3 rings (SSSR count). The van der Waals surface area contributed by atoms with Crippen LogP contribution < -0.4 is 5.73 Å². The van der Waals surface area contributed by atoms with Gasteiger partial charge in [-0.25, -0.2) is 0 Å². The lowest BCUT2D eigenvalue weighted by Gasteiger charge is -2.20. The molecule has 0 heterocycles. The van der Waals surface area contributed by atoms with Crippen LogP contribution >= 0.6 is 0 Å². The lowest BCUT2D eigenvalue weighted by molar-refractivity contribution is 0.668.